The predicted octanol–water partition coefficient (Wildman–Crippen LogP) is 4.70. The van der Waals surface area contributed by atoms with Gasteiger partial charge in [0.05, 0.1) is 11.8 Å². The number of hydrogen-bond donors (Lipinski definition) is 0. The summed E-state index contributed by atoms with van der Waals surface area (Å²) < 4.78 is 0. The van der Waals surface area contributed by atoms with Crippen LogP contribution >= 0.6 is 57.7 Å². The first-order valence-electron chi connectivity index (χ1n) is 3.64. The lowest BCUT2D eigenvalue weighted by Crippen LogP contribution is -1.88. The van der Waals surface area contributed by atoms with Gasteiger partial charge in [-0.2, -0.15) is 0 Å². The predicted molar refractivity (Wildman–Crippen MR) is 62.5 cm³/mol. The van der Waals surface area contributed by atoms with Crippen molar-refractivity contribution in [2.45, 2.75) is 23.5 Å². The van der Waals surface area contributed by atoms with Gasteiger partial charge >= 0.3 is 0 Å². The molecular weight excluding hydrogens is 270 g/mol. The lowest BCUT2D eigenvalue weighted by Gasteiger charge is -1.99. The van der Waals surface area contributed by atoms with Crippen molar-refractivity contribution < 1.29 is 0 Å². The molecule has 0 aliphatic heterocycles. The summed E-state index contributed by atoms with van der Waals surface area (Å²) in [5, 5.41) is 0. The van der Waals surface area contributed by atoms with Gasteiger partial charge in [-0.1, -0.05) is 0 Å². The topological polar surface area (TPSA) is 0 Å². The molecule has 1 aromatic rings. The molecule has 74 valence electrons. The van der Waals surface area contributed by atoms with Crippen LogP contribution in [0.4, 0.5) is 0 Å². The van der Waals surface area contributed by atoms with Crippen LogP contribution in [0, 0.1) is 0 Å². The second kappa shape index (κ2) is 5.67. The molecule has 1 rings (SSSR count). The van der Waals surface area contributed by atoms with Crippen molar-refractivity contribution in [1.29, 1.82) is 0 Å². The van der Waals surface area contributed by atoms with Gasteiger partial charge in [0.25, 0.3) is 0 Å². The molecule has 1 heterocycles. The van der Waals surface area contributed by atoms with Crippen LogP contribution in [0.5, 0.6) is 0 Å². The Balaban J connectivity index is 3.17. The average Bonchev–Trinajstić information content (AvgIpc) is 2.54. The Bertz CT molecular complexity index is 255. The zero-order valence-corrected chi connectivity index (χ0v) is 10.6. The molecule has 0 bridgehead atoms. The number of hydrogen-bond acceptors (Lipinski definition) is 1. The van der Waals surface area contributed by atoms with Crippen molar-refractivity contribution in [3.63, 3.8) is 0 Å². The number of alkyl halides is 4. The van der Waals surface area contributed by atoms with Crippen LogP contribution in [0.2, 0.25) is 0 Å². The van der Waals surface area contributed by atoms with Gasteiger partial charge in [0.15, 0.2) is 0 Å². The maximum absolute atomic E-state index is 5.81. The minimum Gasteiger partial charge on any atom is -0.142 e. The Labute approximate surface area is 102 Å². The van der Waals surface area contributed by atoms with Crippen molar-refractivity contribution in [1.82, 2.24) is 0 Å². The summed E-state index contributed by atoms with van der Waals surface area (Å²) in [5.41, 5.74) is 2.12. The van der Waals surface area contributed by atoms with Crippen molar-refractivity contribution in [3.05, 3.63) is 20.9 Å². The highest BCUT2D eigenvalue weighted by Crippen LogP contribution is 2.33. The third-order valence-electron chi connectivity index (χ3n) is 1.79. The minimum atomic E-state index is 0.456. The fraction of sp³-hybridized carbons (Fsp3) is 0.500. The molecule has 0 nitrogen and oxygen atoms in total. The molecule has 0 spiro atoms. The minimum absolute atomic E-state index is 0.456. The van der Waals surface area contributed by atoms with Gasteiger partial charge in [0.1, 0.15) is 0 Å². The molecule has 0 radical (unpaired) electrons. The molecule has 0 aliphatic carbocycles. The Morgan fingerprint density at radius 3 is 1.31 bits per heavy atom. The standard InChI is InChI=1S/C8H8Cl4S/c9-1-5-6(2-10)8(4-12)13-7(5)3-11/h1-4H2. The second-order valence-electron chi connectivity index (χ2n) is 2.44. The Kier molecular flexibility index (Phi) is 5.21. The third kappa shape index (κ3) is 2.45. The molecule has 5 heteroatoms. The molecule has 0 saturated heterocycles. The van der Waals surface area contributed by atoms with E-state index in [1.165, 1.54) is 0 Å². The van der Waals surface area contributed by atoms with Crippen LogP contribution in [-0.2, 0) is 23.5 Å². The van der Waals surface area contributed by atoms with Crippen molar-refractivity contribution in [2.75, 3.05) is 0 Å². The largest absolute Gasteiger partial charge is 0.142 e. The first-order valence-corrected chi connectivity index (χ1v) is 6.60. The summed E-state index contributed by atoms with van der Waals surface area (Å²) in [5.74, 6) is 1.87. The summed E-state index contributed by atoms with van der Waals surface area (Å²) in [6.45, 7) is 0. The van der Waals surface area contributed by atoms with E-state index in [1.54, 1.807) is 11.3 Å². The maximum atomic E-state index is 5.81. The fourth-order valence-electron chi connectivity index (χ4n) is 1.13. The lowest BCUT2D eigenvalue weighted by atomic mass is 10.1. The van der Waals surface area contributed by atoms with E-state index in [9.17, 15) is 0 Å². The first kappa shape index (κ1) is 11.9. The van der Waals surface area contributed by atoms with E-state index in [1.807, 2.05) is 0 Å². The highest BCUT2D eigenvalue weighted by Gasteiger charge is 2.14. The van der Waals surface area contributed by atoms with Crippen LogP contribution in [-0.4, -0.2) is 0 Å². The van der Waals surface area contributed by atoms with E-state index >= 15 is 0 Å². The van der Waals surface area contributed by atoms with Crippen molar-refractivity contribution in [3.8, 4) is 0 Å². The van der Waals surface area contributed by atoms with Gasteiger partial charge in [-0.15, -0.1) is 57.7 Å². The van der Waals surface area contributed by atoms with E-state index in [0.717, 1.165) is 20.9 Å². The van der Waals surface area contributed by atoms with E-state index < -0.39 is 0 Å². The molecule has 0 aliphatic rings. The van der Waals surface area contributed by atoms with Crippen LogP contribution in [0.3, 0.4) is 0 Å². The summed E-state index contributed by atoms with van der Waals surface area (Å²) in [7, 11) is 0. The quantitative estimate of drug-likeness (QED) is 0.700. The van der Waals surface area contributed by atoms with E-state index in [-0.39, 0.29) is 0 Å². The molecular formula is C8H8Cl4S. The molecule has 0 aromatic carbocycles. The average molecular weight is 278 g/mol. The van der Waals surface area contributed by atoms with Gasteiger partial charge in [0, 0.05) is 21.5 Å². The highest BCUT2D eigenvalue weighted by atomic mass is 35.5. The molecule has 1 aromatic heterocycles. The Morgan fingerprint density at radius 1 is 0.692 bits per heavy atom. The van der Waals surface area contributed by atoms with Gasteiger partial charge in [-0.3, -0.25) is 0 Å². The molecule has 0 N–H and O–H groups in total. The zero-order chi connectivity index (χ0) is 9.84. The maximum Gasteiger partial charge on any atom is 0.0571 e. The molecule has 0 saturated carbocycles. The summed E-state index contributed by atoms with van der Waals surface area (Å²) in [6, 6.07) is 0. The van der Waals surface area contributed by atoms with Crippen LogP contribution in [0.1, 0.15) is 20.9 Å². The van der Waals surface area contributed by atoms with Crippen LogP contribution in [0.15, 0.2) is 0 Å². The molecule has 0 atom stereocenters. The Morgan fingerprint density at radius 2 is 1.08 bits per heavy atom. The summed E-state index contributed by atoms with van der Waals surface area (Å²) in [4.78, 5) is 2.17. The smallest absolute Gasteiger partial charge is 0.0571 e. The zero-order valence-electron chi connectivity index (χ0n) is 6.75. The lowest BCUT2D eigenvalue weighted by molar-refractivity contribution is 1.23. The Hall–Kier alpha value is 0.860. The number of thiophene rings is 1. The van der Waals surface area contributed by atoms with E-state index in [4.69, 9.17) is 46.4 Å². The second-order valence-corrected chi connectivity index (χ2v) is 4.70. The van der Waals surface area contributed by atoms with Gasteiger partial charge in [0.2, 0.25) is 0 Å². The van der Waals surface area contributed by atoms with E-state index in [0.29, 0.717) is 23.5 Å². The SMILES string of the molecule is ClCc1sc(CCl)c(CCl)c1CCl. The monoisotopic (exact) mass is 276 g/mol. The summed E-state index contributed by atoms with van der Waals surface area (Å²) >= 11 is 24.8. The van der Waals surface area contributed by atoms with Crippen molar-refractivity contribution >= 4 is 57.7 Å². The molecule has 0 unspecified atom stereocenters. The van der Waals surface area contributed by atoms with Crippen LogP contribution < -0.4 is 0 Å². The number of halogens is 4. The van der Waals surface area contributed by atoms with Crippen LogP contribution in [0.25, 0.3) is 0 Å². The first-order chi connectivity index (χ1) is 6.28. The van der Waals surface area contributed by atoms with Gasteiger partial charge in [-0.25, -0.2) is 0 Å². The van der Waals surface area contributed by atoms with Gasteiger partial charge in [-0.05, 0) is 11.1 Å². The molecule has 0 fully saturated rings. The van der Waals surface area contributed by atoms with E-state index in [2.05, 4.69) is 0 Å². The molecule has 13 heavy (non-hydrogen) atoms. The fourth-order valence-corrected chi connectivity index (χ4v) is 3.63. The third-order valence-corrected chi connectivity index (χ3v) is 4.45. The van der Waals surface area contributed by atoms with Crippen molar-refractivity contribution in [2.24, 2.45) is 0 Å². The normalized spacial score (nSPS) is 10.8. The summed E-state index contributed by atoms with van der Waals surface area (Å²) in [6.07, 6.45) is 0. The van der Waals surface area contributed by atoms with Gasteiger partial charge < -0.3 is 0 Å². The highest BCUT2D eigenvalue weighted by molar-refractivity contribution is 7.12. The molecule has 0 amide bonds. The number of rotatable bonds is 4.